The zero-order valence-corrected chi connectivity index (χ0v) is 20.0. The van der Waals surface area contributed by atoms with Gasteiger partial charge in [0.05, 0.1) is 12.1 Å². The SMILES string of the molecule is COc1ccc(/C=C/C(=O)c2ccc(C(C)C)cc2)cc1COc1ccc(Br)cc1Cl. The Bertz CT molecular complexity index is 1090. The van der Waals surface area contributed by atoms with Crippen molar-refractivity contribution >= 4 is 39.4 Å². The highest BCUT2D eigenvalue weighted by atomic mass is 79.9. The van der Waals surface area contributed by atoms with Crippen LogP contribution < -0.4 is 9.47 Å². The van der Waals surface area contributed by atoms with Gasteiger partial charge >= 0.3 is 0 Å². The summed E-state index contributed by atoms with van der Waals surface area (Å²) in [6, 6.07) is 18.9. The lowest BCUT2D eigenvalue weighted by Gasteiger charge is -2.12. The van der Waals surface area contributed by atoms with Crippen LogP contribution in [0.1, 0.15) is 46.8 Å². The van der Waals surface area contributed by atoms with Gasteiger partial charge in [0.1, 0.15) is 18.1 Å². The summed E-state index contributed by atoms with van der Waals surface area (Å²) in [4.78, 5) is 12.5. The maximum Gasteiger partial charge on any atom is 0.185 e. The molecule has 0 atom stereocenters. The topological polar surface area (TPSA) is 35.5 Å². The molecule has 0 unspecified atom stereocenters. The Kier molecular flexibility index (Phi) is 7.94. The number of allylic oxidation sites excluding steroid dienone is 1. The normalized spacial score (nSPS) is 11.2. The summed E-state index contributed by atoms with van der Waals surface area (Å²) in [7, 11) is 1.62. The van der Waals surface area contributed by atoms with Gasteiger partial charge in [-0.1, -0.05) is 77.8 Å². The van der Waals surface area contributed by atoms with Gasteiger partial charge in [-0.25, -0.2) is 0 Å². The van der Waals surface area contributed by atoms with E-state index < -0.39 is 0 Å². The number of methoxy groups -OCH3 is 1. The van der Waals surface area contributed by atoms with Gasteiger partial charge in [-0.3, -0.25) is 4.79 Å². The van der Waals surface area contributed by atoms with Crippen LogP contribution in [0.5, 0.6) is 11.5 Å². The molecule has 0 aliphatic rings. The zero-order chi connectivity index (χ0) is 22.4. The number of hydrogen-bond acceptors (Lipinski definition) is 3. The third-order valence-corrected chi connectivity index (χ3v) is 5.66. The molecular weight excluding hydrogens is 476 g/mol. The Labute approximate surface area is 196 Å². The van der Waals surface area contributed by atoms with E-state index in [2.05, 4.69) is 29.8 Å². The van der Waals surface area contributed by atoms with Crippen molar-refractivity contribution in [3.05, 3.63) is 98.5 Å². The fourth-order valence-electron chi connectivity index (χ4n) is 3.06. The van der Waals surface area contributed by atoms with Crippen LogP contribution in [0.25, 0.3) is 6.08 Å². The summed E-state index contributed by atoms with van der Waals surface area (Å²) in [6.45, 7) is 4.55. The summed E-state index contributed by atoms with van der Waals surface area (Å²) in [5.41, 5.74) is 3.62. The first-order chi connectivity index (χ1) is 14.9. The molecule has 0 fully saturated rings. The van der Waals surface area contributed by atoms with E-state index in [9.17, 15) is 4.79 Å². The van der Waals surface area contributed by atoms with E-state index in [1.165, 1.54) is 5.56 Å². The van der Waals surface area contributed by atoms with Crippen LogP contribution >= 0.6 is 27.5 Å². The van der Waals surface area contributed by atoms with E-state index >= 15 is 0 Å². The largest absolute Gasteiger partial charge is 0.496 e. The highest BCUT2D eigenvalue weighted by molar-refractivity contribution is 9.10. The number of hydrogen-bond donors (Lipinski definition) is 0. The summed E-state index contributed by atoms with van der Waals surface area (Å²) in [5.74, 6) is 1.70. The molecule has 0 spiro atoms. The molecule has 160 valence electrons. The fourth-order valence-corrected chi connectivity index (χ4v) is 3.79. The van der Waals surface area contributed by atoms with Crippen molar-refractivity contribution in [3.63, 3.8) is 0 Å². The lowest BCUT2D eigenvalue weighted by molar-refractivity contribution is 0.104. The Balaban J connectivity index is 1.73. The minimum Gasteiger partial charge on any atom is -0.496 e. The van der Waals surface area contributed by atoms with Gasteiger partial charge in [0.25, 0.3) is 0 Å². The highest BCUT2D eigenvalue weighted by Gasteiger charge is 2.08. The van der Waals surface area contributed by atoms with Crippen molar-refractivity contribution < 1.29 is 14.3 Å². The summed E-state index contributed by atoms with van der Waals surface area (Å²) >= 11 is 9.62. The Morgan fingerprint density at radius 3 is 2.39 bits per heavy atom. The molecule has 3 nitrogen and oxygen atoms in total. The van der Waals surface area contributed by atoms with E-state index in [-0.39, 0.29) is 12.4 Å². The number of benzene rings is 3. The third kappa shape index (κ3) is 6.22. The van der Waals surface area contributed by atoms with Crippen LogP contribution in [0.3, 0.4) is 0 Å². The molecular formula is C26H24BrClO3. The molecule has 31 heavy (non-hydrogen) atoms. The van der Waals surface area contributed by atoms with Gasteiger partial charge in [0.15, 0.2) is 5.78 Å². The standard InChI is InChI=1S/C26H24BrClO3/c1-17(2)19-6-8-20(9-7-19)24(29)11-4-18-5-12-25(30-3)21(14-18)16-31-26-13-10-22(27)15-23(26)28/h4-15,17H,16H2,1-3H3/b11-4+. The van der Waals surface area contributed by atoms with Gasteiger partial charge in [-0.15, -0.1) is 0 Å². The van der Waals surface area contributed by atoms with Crippen LogP contribution in [0.15, 0.2) is 71.2 Å². The first-order valence-corrected chi connectivity index (χ1v) is 11.1. The Hall–Kier alpha value is -2.56. The van der Waals surface area contributed by atoms with Crippen LogP contribution in [-0.4, -0.2) is 12.9 Å². The second-order valence-corrected chi connectivity index (χ2v) is 8.73. The number of carbonyl (C=O) groups is 1. The van der Waals surface area contributed by atoms with Crippen LogP contribution in [0.4, 0.5) is 0 Å². The van der Waals surface area contributed by atoms with Crippen molar-refractivity contribution in [3.8, 4) is 11.5 Å². The molecule has 0 aliphatic heterocycles. The summed E-state index contributed by atoms with van der Waals surface area (Å²) in [6.07, 6.45) is 3.39. The molecule has 0 bridgehead atoms. The monoisotopic (exact) mass is 498 g/mol. The molecule has 0 amide bonds. The molecule has 3 rings (SSSR count). The zero-order valence-electron chi connectivity index (χ0n) is 17.7. The molecule has 0 saturated carbocycles. The highest BCUT2D eigenvalue weighted by Crippen LogP contribution is 2.30. The van der Waals surface area contributed by atoms with E-state index in [0.717, 1.165) is 15.6 Å². The van der Waals surface area contributed by atoms with Gasteiger partial charge in [-0.2, -0.15) is 0 Å². The molecule has 0 N–H and O–H groups in total. The lowest BCUT2D eigenvalue weighted by atomic mass is 10.00. The average Bonchev–Trinajstić information content (AvgIpc) is 2.77. The second-order valence-electron chi connectivity index (χ2n) is 7.41. The van der Waals surface area contributed by atoms with Crippen molar-refractivity contribution in [1.29, 1.82) is 0 Å². The quantitative estimate of drug-likeness (QED) is 0.235. The molecule has 3 aromatic carbocycles. The number of halogens is 2. The molecule has 0 radical (unpaired) electrons. The lowest BCUT2D eigenvalue weighted by Crippen LogP contribution is -2.00. The van der Waals surface area contributed by atoms with E-state index in [1.54, 1.807) is 25.3 Å². The van der Waals surface area contributed by atoms with Gasteiger partial charge in [0.2, 0.25) is 0 Å². The molecule has 3 aromatic rings. The number of rotatable bonds is 8. The second kappa shape index (κ2) is 10.7. The van der Waals surface area contributed by atoms with Crippen molar-refractivity contribution in [2.45, 2.75) is 26.4 Å². The first-order valence-electron chi connectivity index (χ1n) is 9.94. The van der Waals surface area contributed by atoms with Crippen molar-refractivity contribution in [1.82, 2.24) is 0 Å². The van der Waals surface area contributed by atoms with E-state index in [4.69, 9.17) is 21.1 Å². The molecule has 0 aliphatic carbocycles. The Morgan fingerprint density at radius 2 is 1.74 bits per heavy atom. The fraction of sp³-hybridized carbons (Fsp3) is 0.192. The maximum atomic E-state index is 12.5. The van der Waals surface area contributed by atoms with Crippen molar-refractivity contribution in [2.75, 3.05) is 7.11 Å². The molecule has 0 heterocycles. The van der Waals surface area contributed by atoms with Crippen LogP contribution in [0.2, 0.25) is 5.02 Å². The minimum absolute atomic E-state index is 0.0365. The van der Waals surface area contributed by atoms with Crippen molar-refractivity contribution in [2.24, 2.45) is 0 Å². The van der Waals surface area contributed by atoms with E-state index in [1.807, 2.05) is 54.6 Å². The number of carbonyl (C=O) groups excluding carboxylic acids is 1. The van der Waals surface area contributed by atoms with Gasteiger partial charge < -0.3 is 9.47 Å². The van der Waals surface area contributed by atoms with Gasteiger partial charge in [0, 0.05) is 15.6 Å². The number of ether oxygens (including phenoxy) is 2. The summed E-state index contributed by atoms with van der Waals surface area (Å²) < 4.78 is 12.2. The molecule has 0 aromatic heterocycles. The predicted molar refractivity (Wildman–Crippen MR) is 130 cm³/mol. The maximum absolute atomic E-state index is 12.5. The Morgan fingerprint density at radius 1 is 1.03 bits per heavy atom. The summed E-state index contributed by atoms with van der Waals surface area (Å²) in [5, 5.41) is 0.526. The van der Waals surface area contributed by atoms with Crippen LogP contribution in [-0.2, 0) is 6.61 Å². The smallest absolute Gasteiger partial charge is 0.185 e. The number of ketones is 1. The molecule has 5 heteroatoms. The first kappa shape index (κ1) is 23.1. The minimum atomic E-state index is -0.0365. The predicted octanol–water partition coefficient (Wildman–Crippen LogP) is 7.71. The van der Waals surface area contributed by atoms with Crippen LogP contribution in [0, 0.1) is 0 Å². The average molecular weight is 500 g/mol. The van der Waals surface area contributed by atoms with E-state index in [0.29, 0.717) is 28.0 Å². The molecule has 0 saturated heterocycles. The van der Waals surface area contributed by atoms with Gasteiger partial charge in [-0.05, 0) is 53.5 Å². The third-order valence-electron chi connectivity index (χ3n) is 4.87.